The molecule has 1 spiro atoms. The Kier molecular flexibility index (Phi) is 4.57. The average molecular weight is 485 g/mol. The van der Waals surface area contributed by atoms with Gasteiger partial charge in [-0.05, 0) is 36.8 Å². The predicted octanol–water partition coefficient (Wildman–Crippen LogP) is 4.54. The van der Waals surface area contributed by atoms with Crippen molar-refractivity contribution in [3.63, 3.8) is 0 Å². The van der Waals surface area contributed by atoms with E-state index in [2.05, 4.69) is 28.4 Å². The summed E-state index contributed by atoms with van der Waals surface area (Å²) in [5.74, 6) is 1.94. The molecule has 4 aliphatic rings. The number of rotatable bonds is 3. The van der Waals surface area contributed by atoms with Crippen molar-refractivity contribution < 1.29 is 19.1 Å². The number of anilines is 1. The van der Waals surface area contributed by atoms with E-state index >= 15 is 0 Å². The molecule has 4 aliphatic heterocycles. The Balaban J connectivity index is 1.47. The van der Waals surface area contributed by atoms with Crippen molar-refractivity contribution in [2.75, 3.05) is 23.7 Å². The Morgan fingerprint density at radius 2 is 1.89 bits per heavy atom. The van der Waals surface area contributed by atoms with Gasteiger partial charge in [-0.3, -0.25) is 14.5 Å². The summed E-state index contributed by atoms with van der Waals surface area (Å²) in [6, 6.07) is 21.7. The summed E-state index contributed by atoms with van der Waals surface area (Å²) >= 11 is 1.83. The van der Waals surface area contributed by atoms with Gasteiger partial charge in [-0.25, -0.2) is 0 Å². The summed E-state index contributed by atoms with van der Waals surface area (Å²) in [6.07, 6.45) is 0. The van der Waals surface area contributed by atoms with Gasteiger partial charge >= 0.3 is 0 Å². The van der Waals surface area contributed by atoms with Gasteiger partial charge < -0.3 is 14.8 Å². The third-order valence-corrected chi connectivity index (χ3v) is 8.94. The number of benzene rings is 3. The SMILES string of the molecule is Cc1ccc2c(c1)[C@]1(C(=O)N2)[C@H](C(=O)c2ccc3c(c2)OCO3)[C@H](c2ccccc2)[C@@H]2CSCN21. The predicted molar refractivity (Wildman–Crippen MR) is 134 cm³/mol. The van der Waals surface area contributed by atoms with E-state index in [1.807, 2.05) is 49.0 Å². The lowest BCUT2D eigenvalue weighted by Gasteiger charge is -2.36. The summed E-state index contributed by atoms with van der Waals surface area (Å²) in [6.45, 7) is 2.18. The number of thioether (sulfide) groups is 1. The molecule has 176 valence electrons. The minimum absolute atomic E-state index is 0.0407. The summed E-state index contributed by atoms with van der Waals surface area (Å²) in [7, 11) is 0. The standard InChI is InChI=1S/C28H24N2O4S/c1-16-7-9-20-19(11-16)28(27(32)29-20)25(26(31)18-8-10-22-23(12-18)34-15-33-22)24(17-5-3-2-4-6-17)21-13-35-14-30(21)28/h2-12,21,24-25H,13-15H2,1H3,(H,29,32)/t21-,24+,25-,28+/m0/s1. The summed E-state index contributed by atoms with van der Waals surface area (Å²) in [4.78, 5) is 30.9. The molecule has 0 aromatic heterocycles. The van der Waals surface area contributed by atoms with E-state index in [1.54, 1.807) is 18.2 Å². The first-order valence-electron chi connectivity index (χ1n) is 11.8. The number of ether oxygens (including phenoxy) is 2. The first-order valence-corrected chi connectivity index (χ1v) is 13.0. The van der Waals surface area contributed by atoms with Gasteiger partial charge in [0, 0.05) is 40.4 Å². The molecule has 35 heavy (non-hydrogen) atoms. The molecular formula is C28H24N2O4S. The number of fused-ring (bicyclic) bond motifs is 5. The van der Waals surface area contributed by atoms with E-state index in [0.29, 0.717) is 22.9 Å². The Bertz CT molecular complexity index is 1380. The van der Waals surface area contributed by atoms with Crippen molar-refractivity contribution in [2.24, 2.45) is 5.92 Å². The lowest BCUT2D eigenvalue weighted by Crippen LogP contribution is -2.52. The van der Waals surface area contributed by atoms with Crippen LogP contribution >= 0.6 is 11.8 Å². The molecule has 3 aromatic rings. The first kappa shape index (κ1) is 21.0. The molecule has 4 atom stereocenters. The van der Waals surface area contributed by atoms with Gasteiger partial charge in [0.05, 0.1) is 5.92 Å². The maximum Gasteiger partial charge on any atom is 0.250 e. The van der Waals surface area contributed by atoms with E-state index in [9.17, 15) is 9.59 Å². The lowest BCUT2D eigenvalue weighted by atomic mass is 9.69. The molecule has 7 heteroatoms. The summed E-state index contributed by atoms with van der Waals surface area (Å²) in [5.41, 5.74) is 3.35. The molecule has 6 nitrogen and oxygen atoms in total. The molecule has 0 radical (unpaired) electrons. The maximum atomic E-state index is 14.6. The van der Waals surface area contributed by atoms with Gasteiger partial charge in [0.15, 0.2) is 17.3 Å². The number of carbonyl (C=O) groups excluding carboxylic acids is 2. The lowest BCUT2D eigenvalue weighted by molar-refractivity contribution is -0.127. The van der Waals surface area contributed by atoms with Crippen LogP contribution in [0, 0.1) is 12.8 Å². The van der Waals surface area contributed by atoms with E-state index in [4.69, 9.17) is 9.47 Å². The van der Waals surface area contributed by atoms with E-state index in [-0.39, 0.29) is 30.4 Å². The van der Waals surface area contributed by atoms with Crippen LogP contribution in [0.3, 0.4) is 0 Å². The number of nitrogens with one attached hydrogen (secondary N) is 1. The molecule has 2 fully saturated rings. The highest BCUT2D eigenvalue weighted by Gasteiger charge is 2.69. The fourth-order valence-corrected chi connectivity index (χ4v) is 7.79. The van der Waals surface area contributed by atoms with Crippen molar-refractivity contribution in [3.05, 3.63) is 89.0 Å². The number of aryl methyl sites for hydroxylation is 1. The van der Waals surface area contributed by atoms with Gasteiger partial charge in [-0.1, -0.05) is 48.0 Å². The zero-order valence-electron chi connectivity index (χ0n) is 19.2. The number of Topliss-reactive ketones (excluding diaryl/α,β-unsaturated/α-hetero) is 1. The van der Waals surface area contributed by atoms with E-state index in [0.717, 1.165) is 28.1 Å². The Morgan fingerprint density at radius 1 is 1.06 bits per heavy atom. The Hall–Kier alpha value is -3.29. The van der Waals surface area contributed by atoms with Crippen LogP contribution < -0.4 is 14.8 Å². The second-order valence-electron chi connectivity index (χ2n) is 9.65. The Morgan fingerprint density at radius 3 is 2.74 bits per heavy atom. The fourth-order valence-electron chi connectivity index (χ4n) is 6.47. The molecule has 1 N–H and O–H groups in total. The molecule has 0 unspecified atom stereocenters. The number of ketones is 1. The highest BCUT2D eigenvalue weighted by atomic mass is 32.2. The zero-order chi connectivity index (χ0) is 23.7. The van der Waals surface area contributed by atoms with Crippen LogP contribution in [0.5, 0.6) is 11.5 Å². The second kappa shape index (κ2) is 7.60. The first-order chi connectivity index (χ1) is 17.1. The minimum atomic E-state index is -1.07. The van der Waals surface area contributed by atoms with E-state index < -0.39 is 11.5 Å². The van der Waals surface area contributed by atoms with E-state index in [1.165, 1.54) is 0 Å². The van der Waals surface area contributed by atoms with Crippen molar-refractivity contribution in [1.82, 2.24) is 4.90 Å². The van der Waals surface area contributed by atoms with Crippen molar-refractivity contribution in [1.29, 1.82) is 0 Å². The van der Waals surface area contributed by atoms with Crippen LogP contribution in [0.1, 0.15) is 33.0 Å². The van der Waals surface area contributed by atoms with Crippen LogP contribution in [0.4, 0.5) is 5.69 Å². The van der Waals surface area contributed by atoms with Gasteiger partial charge in [-0.15, -0.1) is 11.8 Å². The number of hydrogen-bond acceptors (Lipinski definition) is 6. The highest BCUT2D eigenvalue weighted by molar-refractivity contribution is 7.99. The van der Waals surface area contributed by atoms with Gasteiger partial charge in [0.1, 0.15) is 5.54 Å². The summed E-state index contributed by atoms with van der Waals surface area (Å²) < 4.78 is 11.1. The minimum Gasteiger partial charge on any atom is -0.454 e. The monoisotopic (exact) mass is 484 g/mol. The Labute approximate surface area is 207 Å². The molecule has 7 rings (SSSR count). The molecule has 0 bridgehead atoms. The molecule has 3 aromatic carbocycles. The third-order valence-electron chi connectivity index (χ3n) is 7.90. The van der Waals surface area contributed by atoms with Crippen LogP contribution in [0.25, 0.3) is 0 Å². The van der Waals surface area contributed by atoms with Crippen molar-refractivity contribution in [2.45, 2.75) is 24.4 Å². The molecule has 1 amide bonds. The van der Waals surface area contributed by atoms with Crippen molar-refractivity contribution >= 4 is 29.1 Å². The van der Waals surface area contributed by atoms with Gasteiger partial charge in [0.25, 0.3) is 0 Å². The van der Waals surface area contributed by atoms with Crippen LogP contribution in [0.15, 0.2) is 66.7 Å². The molecular weight excluding hydrogens is 460 g/mol. The fraction of sp³-hybridized carbons (Fsp3) is 0.286. The highest BCUT2D eigenvalue weighted by Crippen LogP contribution is 2.61. The van der Waals surface area contributed by atoms with Gasteiger partial charge in [-0.2, -0.15) is 0 Å². The number of nitrogens with zero attached hydrogens (tertiary/aromatic N) is 1. The largest absolute Gasteiger partial charge is 0.454 e. The van der Waals surface area contributed by atoms with Crippen molar-refractivity contribution in [3.8, 4) is 11.5 Å². The number of carbonyl (C=O) groups is 2. The normalized spacial score (nSPS) is 28.3. The van der Waals surface area contributed by atoms with Gasteiger partial charge in [0.2, 0.25) is 12.7 Å². The third kappa shape index (κ3) is 2.82. The molecule has 0 aliphatic carbocycles. The quantitative estimate of drug-likeness (QED) is 0.551. The van der Waals surface area contributed by atoms with Crippen LogP contribution in [-0.2, 0) is 10.3 Å². The zero-order valence-corrected chi connectivity index (χ0v) is 20.0. The smallest absolute Gasteiger partial charge is 0.250 e. The molecule has 2 saturated heterocycles. The maximum absolute atomic E-state index is 14.6. The average Bonchev–Trinajstić information content (AvgIpc) is 3.63. The number of amides is 1. The molecule has 0 saturated carbocycles. The summed E-state index contributed by atoms with van der Waals surface area (Å²) in [5, 5.41) is 3.13. The number of hydrogen-bond donors (Lipinski definition) is 1. The second-order valence-corrected chi connectivity index (χ2v) is 10.7. The molecule has 4 heterocycles. The van der Waals surface area contributed by atoms with Crippen LogP contribution in [-0.4, -0.2) is 41.1 Å². The van der Waals surface area contributed by atoms with Crippen LogP contribution in [0.2, 0.25) is 0 Å². The topological polar surface area (TPSA) is 67.9 Å².